The second kappa shape index (κ2) is 5.73. The lowest BCUT2D eigenvalue weighted by Gasteiger charge is -2.10. The number of rotatable bonds is 3. The van der Waals surface area contributed by atoms with Crippen LogP contribution in [0.15, 0.2) is 36.4 Å². The van der Waals surface area contributed by atoms with Crippen LogP contribution in [0.25, 0.3) is 0 Å². The van der Waals surface area contributed by atoms with Crippen molar-refractivity contribution in [3.8, 4) is 6.07 Å². The van der Waals surface area contributed by atoms with Crippen molar-refractivity contribution in [1.82, 2.24) is 0 Å². The van der Waals surface area contributed by atoms with Gasteiger partial charge in [-0.05, 0) is 36.2 Å². The highest BCUT2D eigenvalue weighted by Crippen LogP contribution is 2.20. The number of benzene rings is 2. The second-order valence-electron chi connectivity index (χ2n) is 4.21. The van der Waals surface area contributed by atoms with Crippen molar-refractivity contribution in [3.05, 3.63) is 63.9 Å². The zero-order valence-corrected chi connectivity index (χ0v) is 11.1. The van der Waals surface area contributed by atoms with E-state index in [0.29, 0.717) is 12.1 Å². The molecule has 0 spiro atoms. The Hall–Kier alpha value is -2.05. The van der Waals surface area contributed by atoms with E-state index >= 15 is 0 Å². The average molecular weight is 275 g/mol. The Kier molecular flexibility index (Phi) is 4.03. The number of hydrogen-bond donors (Lipinski definition) is 1. The summed E-state index contributed by atoms with van der Waals surface area (Å²) in [5.41, 5.74) is 3.04. The fourth-order valence-corrected chi connectivity index (χ4v) is 1.93. The van der Waals surface area contributed by atoms with Crippen LogP contribution in [0, 0.1) is 24.1 Å². The molecule has 0 saturated carbocycles. The van der Waals surface area contributed by atoms with Gasteiger partial charge in [0.25, 0.3) is 0 Å². The van der Waals surface area contributed by atoms with Gasteiger partial charge in [0.15, 0.2) is 0 Å². The molecule has 0 fully saturated rings. The van der Waals surface area contributed by atoms with E-state index < -0.39 is 5.82 Å². The summed E-state index contributed by atoms with van der Waals surface area (Å²) in [5.74, 6) is -0.439. The Balaban J connectivity index is 2.17. The van der Waals surface area contributed by atoms with Gasteiger partial charge in [0.1, 0.15) is 11.9 Å². The van der Waals surface area contributed by atoms with Crippen LogP contribution >= 0.6 is 11.6 Å². The molecule has 0 unspecified atom stereocenters. The van der Waals surface area contributed by atoms with E-state index in [1.165, 1.54) is 12.1 Å². The van der Waals surface area contributed by atoms with Crippen molar-refractivity contribution < 1.29 is 4.39 Å². The first kappa shape index (κ1) is 13.4. The third-order valence-corrected chi connectivity index (χ3v) is 3.16. The van der Waals surface area contributed by atoms with Crippen LogP contribution in [0.5, 0.6) is 0 Å². The minimum absolute atomic E-state index is 0.108. The fourth-order valence-electron chi connectivity index (χ4n) is 1.81. The van der Waals surface area contributed by atoms with Crippen molar-refractivity contribution in [1.29, 1.82) is 5.26 Å². The van der Waals surface area contributed by atoms with Crippen molar-refractivity contribution in [2.24, 2.45) is 0 Å². The first-order valence-corrected chi connectivity index (χ1v) is 6.17. The lowest BCUT2D eigenvalue weighted by Crippen LogP contribution is -2.02. The monoisotopic (exact) mass is 274 g/mol. The molecule has 2 rings (SSSR count). The SMILES string of the molecule is Cc1cccc(NCc2ccc(Cl)c(F)c2)c1C#N. The number of aryl methyl sites for hydroxylation is 1. The number of nitriles is 1. The molecule has 2 aromatic carbocycles. The Morgan fingerprint density at radius 1 is 1.32 bits per heavy atom. The van der Waals surface area contributed by atoms with E-state index in [0.717, 1.165) is 16.8 Å². The minimum Gasteiger partial charge on any atom is -0.380 e. The quantitative estimate of drug-likeness (QED) is 0.907. The van der Waals surface area contributed by atoms with Gasteiger partial charge in [0, 0.05) is 6.54 Å². The van der Waals surface area contributed by atoms with Crippen LogP contribution in [0.1, 0.15) is 16.7 Å². The second-order valence-corrected chi connectivity index (χ2v) is 4.62. The van der Waals surface area contributed by atoms with Crippen molar-refractivity contribution >= 4 is 17.3 Å². The van der Waals surface area contributed by atoms with Crippen LogP contribution in [0.4, 0.5) is 10.1 Å². The summed E-state index contributed by atoms with van der Waals surface area (Å²) in [6.45, 7) is 2.32. The van der Waals surface area contributed by atoms with Gasteiger partial charge in [-0.2, -0.15) is 5.26 Å². The maximum absolute atomic E-state index is 13.3. The van der Waals surface area contributed by atoms with Crippen LogP contribution in [0.2, 0.25) is 5.02 Å². The minimum atomic E-state index is -0.439. The fraction of sp³-hybridized carbons (Fsp3) is 0.133. The molecule has 19 heavy (non-hydrogen) atoms. The largest absolute Gasteiger partial charge is 0.380 e. The van der Waals surface area contributed by atoms with E-state index in [2.05, 4.69) is 11.4 Å². The summed E-state index contributed by atoms with van der Waals surface area (Å²) in [5, 5.41) is 12.4. The van der Waals surface area contributed by atoms with E-state index in [9.17, 15) is 4.39 Å². The summed E-state index contributed by atoms with van der Waals surface area (Å²) in [7, 11) is 0. The van der Waals surface area contributed by atoms with Gasteiger partial charge in [0.2, 0.25) is 0 Å². The topological polar surface area (TPSA) is 35.8 Å². The van der Waals surface area contributed by atoms with Crippen molar-refractivity contribution in [2.75, 3.05) is 5.32 Å². The van der Waals surface area contributed by atoms with Crippen molar-refractivity contribution in [2.45, 2.75) is 13.5 Å². The molecule has 0 aliphatic heterocycles. The molecule has 0 amide bonds. The standard InChI is InChI=1S/C15H12ClFN2/c1-10-3-2-4-15(12(10)8-18)19-9-11-5-6-13(16)14(17)7-11/h2-7,19H,9H2,1H3. The van der Waals surface area contributed by atoms with E-state index in [-0.39, 0.29) is 5.02 Å². The van der Waals surface area contributed by atoms with Crippen LogP contribution in [0.3, 0.4) is 0 Å². The van der Waals surface area contributed by atoms with Gasteiger partial charge < -0.3 is 5.32 Å². The highest BCUT2D eigenvalue weighted by Gasteiger charge is 2.05. The lowest BCUT2D eigenvalue weighted by molar-refractivity contribution is 0.626. The molecule has 2 aromatic rings. The molecule has 1 N–H and O–H groups in total. The Bertz CT molecular complexity index is 647. The normalized spacial score (nSPS) is 10.0. The summed E-state index contributed by atoms with van der Waals surface area (Å²) >= 11 is 5.63. The maximum atomic E-state index is 13.3. The molecule has 0 heterocycles. The van der Waals surface area contributed by atoms with Gasteiger partial charge >= 0.3 is 0 Å². The first-order valence-electron chi connectivity index (χ1n) is 5.79. The summed E-state index contributed by atoms with van der Waals surface area (Å²) in [4.78, 5) is 0. The number of nitrogens with zero attached hydrogens (tertiary/aromatic N) is 1. The zero-order chi connectivity index (χ0) is 13.8. The molecular weight excluding hydrogens is 263 g/mol. The molecule has 0 atom stereocenters. The molecule has 0 aliphatic rings. The van der Waals surface area contributed by atoms with E-state index in [1.807, 2.05) is 25.1 Å². The molecule has 0 aliphatic carbocycles. The van der Waals surface area contributed by atoms with Gasteiger partial charge in [0.05, 0.1) is 16.3 Å². The molecular formula is C15H12ClFN2. The van der Waals surface area contributed by atoms with Crippen LogP contribution in [-0.2, 0) is 6.54 Å². The lowest BCUT2D eigenvalue weighted by atomic mass is 10.1. The predicted octanol–water partition coefficient (Wildman–Crippen LogP) is 4.27. The Morgan fingerprint density at radius 3 is 2.79 bits per heavy atom. The van der Waals surface area contributed by atoms with Gasteiger partial charge in [-0.25, -0.2) is 4.39 Å². The number of anilines is 1. The van der Waals surface area contributed by atoms with Crippen LogP contribution in [-0.4, -0.2) is 0 Å². The number of halogens is 2. The molecule has 0 bridgehead atoms. The zero-order valence-electron chi connectivity index (χ0n) is 10.4. The van der Waals surface area contributed by atoms with Gasteiger partial charge in [-0.3, -0.25) is 0 Å². The Labute approximate surface area is 116 Å². The third-order valence-electron chi connectivity index (χ3n) is 2.85. The average Bonchev–Trinajstić information content (AvgIpc) is 2.40. The van der Waals surface area contributed by atoms with Crippen molar-refractivity contribution in [3.63, 3.8) is 0 Å². The van der Waals surface area contributed by atoms with Gasteiger partial charge in [-0.1, -0.05) is 29.8 Å². The van der Waals surface area contributed by atoms with E-state index in [1.54, 1.807) is 6.07 Å². The molecule has 96 valence electrons. The molecule has 0 saturated heterocycles. The summed E-state index contributed by atoms with van der Waals surface area (Å²) in [6.07, 6.45) is 0. The first-order chi connectivity index (χ1) is 9.11. The number of hydrogen-bond acceptors (Lipinski definition) is 2. The predicted molar refractivity (Wildman–Crippen MR) is 74.6 cm³/mol. The Morgan fingerprint density at radius 2 is 2.11 bits per heavy atom. The molecule has 4 heteroatoms. The highest BCUT2D eigenvalue weighted by molar-refractivity contribution is 6.30. The summed E-state index contributed by atoms with van der Waals surface area (Å²) < 4.78 is 13.3. The number of nitrogens with one attached hydrogen (secondary N) is 1. The molecule has 2 nitrogen and oxygen atoms in total. The summed E-state index contributed by atoms with van der Waals surface area (Å²) in [6, 6.07) is 12.4. The molecule has 0 aromatic heterocycles. The highest BCUT2D eigenvalue weighted by atomic mass is 35.5. The van der Waals surface area contributed by atoms with Crippen LogP contribution < -0.4 is 5.32 Å². The molecule has 0 radical (unpaired) electrons. The van der Waals surface area contributed by atoms with E-state index in [4.69, 9.17) is 16.9 Å². The maximum Gasteiger partial charge on any atom is 0.142 e. The third kappa shape index (κ3) is 3.04. The van der Waals surface area contributed by atoms with Gasteiger partial charge in [-0.15, -0.1) is 0 Å². The smallest absolute Gasteiger partial charge is 0.142 e.